The molecule has 12 nitrogen and oxygen atoms in total. The lowest BCUT2D eigenvalue weighted by Crippen LogP contribution is -2.31. The maximum absolute atomic E-state index is 12.5. The summed E-state index contributed by atoms with van der Waals surface area (Å²) >= 11 is 1.54. The summed E-state index contributed by atoms with van der Waals surface area (Å²) in [4.78, 5) is 24.8. The predicted octanol–water partition coefficient (Wildman–Crippen LogP) is 5.71. The van der Waals surface area contributed by atoms with Crippen LogP contribution in [0.25, 0.3) is 11.1 Å². The lowest BCUT2D eigenvalue weighted by molar-refractivity contribution is -0.245. The molecule has 3 atom stereocenters. The smallest absolute Gasteiger partial charge is 0.224 e. The second-order valence-electron chi connectivity index (χ2n) is 12.3. The van der Waals surface area contributed by atoms with Crippen molar-refractivity contribution in [2.45, 2.75) is 62.5 Å². The van der Waals surface area contributed by atoms with E-state index >= 15 is 0 Å². The first kappa shape index (κ1) is 35.7. The molecule has 0 saturated carbocycles. The van der Waals surface area contributed by atoms with E-state index in [-0.39, 0.29) is 43.5 Å². The highest BCUT2D eigenvalue weighted by molar-refractivity contribution is 7.99. The normalized spacial score (nSPS) is 17.2. The summed E-state index contributed by atoms with van der Waals surface area (Å²) in [6, 6.07) is 31.1. The van der Waals surface area contributed by atoms with Gasteiger partial charge in [-0.25, -0.2) is 4.68 Å². The summed E-state index contributed by atoms with van der Waals surface area (Å²) in [6.07, 6.45) is 0.664. The second kappa shape index (κ2) is 17.2. The van der Waals surface area contributed by atoms with Gasteiger partial charge in [-0.05, 0) is 62.9 Å². The number of carbonyl (C=O) groups is 2. The Labute approximate surface area is 300 Å². The summed E-state index contributed by atoms with van der Waals surface area (Å²) in [6.45, 7) is 0.367. The van der Waals surface area contributed by atoms with Crippen LogP contribution in [0.4, 0.5) is 11.4 Å². The van der Waals surface area contributed by atoms with E-state index in [1.54, 1.807) is 28.9 Å². The number of nitrogens with zero attached hydrogens (tertiary/aromatic N) is 4. The van der Waals surface area contributed by atoms with Gasteiger partial charge in [-0.1, -0.05) is 90.6 Å². The molecule has 4 aromatic carbocycles. The molecule has 5 N–H and O–H groups in total. The number of aliphatic hydroxyl groups is 1. The Morgan fingerprint density at radius 1 is 0.902 bits per heavy atom. The highest BCUT2D eigenvalue weighted by Gasteiger charge is 2.32. The van der Waals surface area contributed by atoms with Crippen molar-refractivity contribution in [3.05, 3.63) is 119 Å². The number of hydrogen-bond acceptors (Lipinski definition) is 10. The first-order valence-electron chi connectivity index (χ1n) is 16.8. The zero-order valence-electron chi connectivity index (χ0n) is 28.3. The number of benzene rings is 4. The van der Waals surface area contributed by atoms with Gasteiger partial charge in [0.2, 0.25) is 17.0 Å². The van der Waals surface area contributed by atoms with E-state index in [4.69, 9.17) is 15.2 Å². The average Bonchev–Trinajstić information content (AvgIpc) is 3.58. The first-order chi connectivity index (χ1) is 24.8. The maximum Gasteiger partial charge on any atom is 0.224 e. The van der Waals surface area contributed by atoms with Crippen molar-refractivity contribution < 1.29 is 24.2 Å². The van der Waals surface area contributed by atoms with E-state index in [0.717, 1.165) is 33.4 Å². The number of thioether (sulfide) groups is 1. The molecular formula is C38H41N7O5S. The van der Waals surface area contributed by atoms with E-state index in [1.165, 1.54) is 11.8 Å². The minimum absolute atomic E-state index is 0.0135. The van der Waals surface area contributed by atoms with Crippen LogP contribution in [0.1, 0.15) is 60.3 Å². The minimum Gasteiger partial charge on any atom is -0.397 e. The van der Waals surface area contributed by atoms with Gasteiger partial charge in [-0.2, -0.15) is 0 Å². The molecule has 5 aromatic rings. The third-order valence-electron chi connectivity index (χ3n) is 8.57. The monoisotopic (exact) mass is 707 g/mol. The Hall–Kier alpha value is -5.08. The number of aryl methyl sites for hydroxylation is 1. The van der Waals surface area contributed by atoms with Crippen molar-refractivity contribution >= 4 is 35.0 Å². The summed E-state index contributed by atoms with van der Waals surface area (Å²) in [5.74, 6) is 0.362. The number of hydrogen-bond donors (Lipinski definition) is 4. The number of nitrogens with one attached hydrogen (secondary N) is 2. The van der Waals surface area contributed by atoms with E-state index in [9.17, 15) is 14.7 Å². The van der Waals surface area contributed by atoms with Gasteiger partial charge in [-0.3, -0.25) is 9.59 Å². The highest BCUT2D eigenvalue weighted by Crippen LogP contribution is 2.39. The number of rotatable bonds is 14. The van der Waals surface area contributed by atoms with Crippen LogP contribution >= 0.6 is 11.8 Å². The summed E-state index contributed by atoms with van der Waals surface area (Å²) in [7, 11) is 1.81. The molecule has 0 radical (unpaired) electrons. The second-order valence-corrected chi connectivity index (χ2v) is 13.3. The van der Waals surface area contributed by atoms with E-state index in [1.807, 2.05) is 73.8 Å². The van der Waals surface area contributed by atoms with Gasteiger partial charge in [0.1, 0.15) is 0 Å². The average molecular weight is 708 g/mol. The molecule has 13 heteroatoms. The number of carbonyl (C=O) groups excluding carboxylic acids is 2. The Morgan fingerprint density at radius 3 is 2.41 bits per heavy atom. The molecule has 2 amide bonds. The van der Waals surface area contributed by atoms with Crippen molar-refractivity contribution in [1.29, 1.82) is 0 Å². The van der Waals surface area contributed by atoms with Gasteiger partial charge >= 0.3 is 0 Å². The number of ether oxygens (including phenoxy) is 2. The number of aromatic nitrogens is 4. The van der Waals surface area contributed by atoms with E-state index in [0.29, 0.717) is 41.7 Å². The van der Waals surface area contributed by atoms with Crippen molar-refractivity contribution in [1.82, 2.24) is 25.5 Å². The minimum atomic E-state index is -0.581. The third kappa shape index (κ3) is 9.79. The van der Waals surface area contributed by atoms with Crippen molar-refractivity contribution in [3.8, 4) is 11.1 Å². The predicted molar refractivity (Wildman–Crippen MR) is 195 cm³/mol. The van der Waals surface area contributed by atoms with Gasteiger partial charge < -0.3 is 30.9 Å². The molecule has 1 aromatic heterocycles. The number of amides is 2. The molecule has 1 aliphatic rings. The molecular weight excluding hydrogens is 667 g/mol. The lowest BCUT2D eigenvalue weighted by atomic mass is 9.99. The summed E-state index contributed by atoms with van der Waals surface area (Å²) in [5.41, 5.74) is 12.7. The topological polar surface area (TPSA) is 167 Å². The summed E-state index contributed by atoms with van der Waals surface area (Å²) < 4.78 is 14.6. The van der Waals surface area contributed by atoms with Crippen LogP contribution in [0.3, 0.4) is 0 Å². The van der Waals surface area contributed by atoms with Crippen LogP contribution in [0.5, 0.6) is 0 Å². The van der Waals surface area contributed by atoms with Crippen LogP contribution < -0.4 is 16.4 Å². The Balaban J connectivity index is 1.04. The molecule has 6 rings (SSSR count). The van der Waals surface area contributed by atoms with Gasteiger partial charge in [0, 0.05) is 44.2 Å². The molecule has 1 fully saturated rings. The Bertz CT molecular complexity index is 1920. The number of nitrogens with two attached hydrogens (primary N) is 1. The van der Waals surface area contributed by atoms with Gasteiger partial charge in [0.25, 0.3) is 0 Å². The number of aliphatic hydroxyl groups excluding tert-OH is 1. The number of tetrazole rings is 1. The maximum atomic E-state index is 12.5. The lowest BCUT2D eigenvalue weighted by Gasteiger charge is -2.36. The van der Waals surface area contributed by atoms with Crippen molar-refractivity contribution in [2.75, 3.05) is 16.8 Å². The van der Waals surface area contributed by atoms with E-state index in [2.05, 4.69) is 32.2 Å². The number of para-hydroxylation sites is 2. The molecule has 51 heavy (non-hydrogen) atoms. The zero-order chi connectivity index (χ0) is 35.6. The molecule has 0 bridgehead atoms. The fourth-order valence-corrected chi connectivity index (χ4v) is 6.62. The SMILES string of the molecule is Cn1nnnc1SC[C@H]1C[C@@H](c2ccc(CO)cc2)O[C@@H](c2ccc(-c3cccc(CNC(=O)CCCC(=O)Nc4ccccc4N)c3)cc2)O1. The van der Waals surface area contributed by atoms with Gasteiger partial charge in [0.05, 0.1) is 30.2 Å². The zero-order valence-corrected chi connectivity index (χ0v) is 29.1. The van der Waals surface area contributed by atoms with Crippen molar-refractivity contribution in [2.24, 2.45) is 7.05 Å². The van der Waals surface area contributed by atoms with Crippen molar-refractivity contribution in [3.63, 3.8) is 0 Å². The van der Waals surface area contributed by atoms with E-state index < -0.39 is 6.29 Å². The first-order valence-corrected chi connectivity index (χ1v) is 17.8. The molecule has 2 heterocycles. The molecule has 264 valence electrons. The Morgan fingerprint density at radius 2 is 1.67 bits per heavy atom. The summed E-state index contributed by atoms with van der Waals surface area (Å²) in [5, 5.41) is 27.7. The third-order valence-corrected chi connectivity index (χ3v) is 9.71. The van der Waals surface area contributed by atoms with Crippen LogP contribution in [0, 0.1) is 0 Å². The van der Waals surface area contributed by atoms with Crippen LogP contribution in [0.15, 0.2) is 102 Å². The van der Waals surface area contributed by atoms with Gasteiger partial charge in [-0.15, -0.1) is 5.10 Å². The standard InChI is InChI=1S/C38H41N7O5S/c1-45-38(42-43-44-45)51-24-31-21-34(28-14-12-25(23-46)13-15-28)50-37(49-31)29-18-16-27(17-19-29)30-7-4-6-26(20-30)22-40-35(47)10-5-11-36(48)41-33-9-3-2-8-32(33)39/h2-4,6-9,12-20,31,34,37,46H,5,10-11,21-24,39H2,1H3,(H,40,47)(H,41,48)/t31-,34+,37+/m1/s1. The van der Waals surface area contributed by atoms with Crippen LogP contribution in [-0.2, 0) is 39.3 Å². The highest BCUT2D eigenvalue weighted by atomic mass is 32.2. The fraction of sp³-hybridized carbons (Fsp3) is 0.289. The van der Waals surface area contributed by atoms with Crippen LogP contribution in [-0.4, -0.2) is 49.0 Å². The molecule has 1 aliphatic heterocycles. The number of anilines is 2. The van der Waals surface area contributed by atoms with Crippen LogP contribution in [0.2, 0.25) is 0 Å². The van der Waals surface area contributed by atoms with Gasteiger partial charge in [0.15, 0.2) is 6.29 Å². The quantitative estimate of drug-likeness (QED) is 0.0829. The molecule has 1 saturated heterocycles. The Kier molecular flexibility index (Phi) is 12.1. The fourth-order valence-electron chi connectivity index (χ4n) is 5.75. The number of nitrogen functional groups attached to an aromatic ring is 1. The molecule has 0 spiro atoms. The molecule has 0 aliphatic carbocycles. The largest absolute Gasteiger partial charge is 0.397 e. The molecule has 0 unspecified atom stereocenters.